The molecule has 3 amide bonds. The highest BCUT2D eigenvalue weighted by atomic mass is 35.5. The van der Waals surface area contributed by atoms with Gasteiger partial charge in [0.05, 0.1) is 17.6 Å². The van der Waals surface area contributed by atoms with Gasteiger partial charge in [-0.05, 0) is 17.9 Å². The van der Waals surface area contributed by atoms with E-state index in [1.54, 1.807) is 40.5 Å². The number of carbonyl (C=O) groups is 2. The van der Waals surface area contributed by atoms with E-state index in [2.05, 4.69) is 15.7 Å². The lowest BCUT2D eigenvalue weighted by atomic mass is 10.2. The van der Waals surface area contributed by atoms with Crippen LogP contribution in [0.25, 0.3) is 0 Å². The molecule has 1 unspecified atom stereocenters. The van der Waals surface area contributed by atoms with Crippen LogP contribution >= 0.6 is 22.9 Å². The second kappa shape index (κ2) is 5.98. The summed E-state index contributed by atoms with van der Waals surface area (Å²) in [7, 11) is 1.79. The fourth-order valence-electron chi connectivity index (χ4n) is 2.32. The molecule has 0 radical (unpaired) electrons. The SMILES string of the molecule is Cn1cc(N2CCC(NC(=O)Nc3ccsc3Cl)C2=O)cn1. The van der Waals surface area contributed by atoms with Gasteiger partial charge in [-0.1, -0.05) is 11.6 Å². The summed E-state index contributed by atoms with van der Waals surface area (Å²) in [6.45, 7) is 0.550. The molecular weight excluding hydrogens is 326 g/mol. The van der Waals surface area contributed by atoms with Crippen LogP contribution in [0.1, 0.15) is 6.42 Å². The molecule has 116 valence electrons. The minimum atomic E-state index is -0.544. The molecule has 9 heteroatoms. The first-order valence-corrected chi connectivity index (χ1v) is 7.91. The number of amides is 3. The number of halogens is 1. The van der Waals surface area contributed by atoms with Crippen LogP contribution in [0.4, 0.5) is 16.2 Å². The number of aryl methyl sites for hydroxylation is 1. The van der Waals surface area contributed by atoms with E-state index in [9.17, 15) is 9.59 Å². The van der Waals surface area contributed by atoms with Crippen LogP contribution in [0.2, 0.25) is 4.34 Å². The van der Waals surface area contributed by atoms with Crippen molar-refractivity contribution in [2.75, 3.05) is 16.8 Å². The molecule has 3 rings (SSSR count). The molecule has 0 aromatic carbocycles. The highest BCUT2D eigenvalue weighted by molar-refractivity contribution is 7.15. The first-order chi connectivity index (χ1) is 10.5. The quantitative estimate of drug-likeness (QED) is 0.898. The van der Waals surface area contributed by atoms with E-state index in [1.165, 1.54) is 11.3 Å². The fourth-order valence-corrected chi connectivity index (χ4v) is 3.15. The molecule has 0 saturated carbocycles. The van der Waals surface area contributed by atoms with Gasteiger partial charge in [0, 0.05) is 19.8 Å². The maximum atomic E-state index is 12.3. The largest absolute Gasteiger partial charge is 0.326 e. The summed E-state index contributed by atoms with van der Waals surface area (Å²) in [4.78, 5) is 25.9. The van der Waals surface area contributed by atoms with Gasteiger partial charge >= 0.3 is 6.03 Å². The van der Waals surface area contributed by atoms with Crippen molar-refractivity contribution in [3.05, 3.63) is 28.2 Å². The topological polar surface area (TPSA) is 79.3 Å². The van der Waals surface area contributed by atoms with Gasteiger partial charge in [0.2, 0.25) is 5.91 Å². The average molecular weight is 340 g/mol. The van der Waals surface area contributed by atoms with E-state index in [-0.39, 0.29) is 5.91 Å². The molecule has 0 spiro atoms. The molecule has 1 atom stereocenters. The minimum absolute atomic E-state index is 0.139. The second-order valence-corrected chi connectivity index (χ2v) is 6.43. The third kappa shape index (κ3) is 2.93. The Balaban J connectivity index is 1.61. The highest BCUT2D eigenvalue weighted by Crippen LogP contribution is 2.27. The number of nitrogens with zero attached hydrogens (tertiary/aromatic N) is 3. The van der Waals surface area contributed by atoms with E-state index in [0.717, 1.165) is 5.69 Å². The van der Waals surface area contributed by atoms with Gasteiger partial charge in [0.1, 0.15) is 10.4 Å². The second-order valence-electron chi connectivity index (χ2n) is 4.91. The Labute approximate surface area is 135 Å². The van der Waals surface area contributed by atoms with E-state index >= 15 is 0 Å². The van der Waals surface area contributed by atoms with E-state index in [0.29, 0.717) is 23.0 Å². The number of urea groups is 1. The van der Waals surface area contributed by atoms with E-state index < -0.39 is 12.1 Å². The van der Waals surface area contributed by atoms with Gasteiger partial charge in [-0.25, -0.2) is 4.79 Å². The van der Waals surface area contributed by atoms with E-state index in [1.807, 2.05) is 0 Å². The van der Waals surface area contributed by atoms with Crippen LogP contribution in [0.5, 0.6) is 0 Å². The van der Waals surface area contributed by atoms with Crippen LogP contribution in [-0.4, -0.2) is 34.3 Å². The Morgan fingerprint density at radius 2 is 2.36 bits per heavy atom. The summed E-state index contributed by atoms with van der Waals surface area (Å²) >= 11 is 7.25. The Hall–Kier alpha value is -2.06. The lowest BCUT2D eigenvalue weighted by Crippen LogP contribution is -2.43. The van der Waals surface area contributed by atoms with Crippen molar-refractivity contribution in [2.24, 2.45) is 7.05 Å². The lowest BCUT2D eigenvalue weighted by molar-refractivity contribution is -0.118. The van der Waals surface area contributed by atoms with Crippen molar-refractivity contribution < 1.29 is 9.59 Å². The zero-order valence-electron chi connectivity index (χ0n) is 11.7. The average Bonchev–Trinajstić information content (AvgIpc) is 3.15. The summed E-state index contributed by atoms with van der Waals surface area (Å²) in [5, 5.41) is 11.1. The minimum Gasteiger partial charge on any atom is -0.326 e. The Morgan fingerprint density at radius 3 is 3.00 bits per heavy atom. The smallest absolute Gasteiger partial charge is 0.319 e. The van der Waals surface area contributed by atoms with Gasteiger partial charge in [0.15, 0.2) is 0 Å². The summed E-state index contributed by atoms with van der Waals surface area (Å²) in [6.07, 6.45) is 3.95. The lowest BCUT2D eigenvalue weighted by Gasteiger charge is -2.15. The molecule has 1 aliphatic heterocycles. The first-order valence-electron chi connectivity index (χ1n) is 6.65. The third-order valence-corrected chi connectivity index (χ3v) is 4.55. The van der Waals surface area contributed by atoms with Crippen molar-refractivity contribution in [1.29, 1.82) is 0 Å². The predicted octanol–water partition coefficient (Wildman–Crippen LogP) is 2.06. The van der Waals surface area contributed by atoms with Crippen LogP contribution in [0.15, 0.2) is 23.8 Å². The Morgan fingerprint density at radius 1 is 1.55 bits per heavy atom. The number of aromatic nitrogens is 2. The Kier molecular flexibility index (Phi) is 4.04. The van der Waals surface area contributed by atoms with Crippen molar-refractivity contribution in [2.45, 2.75) is 12.5 Å². The molecule has 1 saturated heterocycles. The molecule has 2 aromatic heterocycles. The van der Waals surface area contributed by atoms with Gasteiger partial charge in [-0.15, -0.1) is 11.3 Å². The molecule has 2 N–H and O–H groups in total. The molecule has 1 fully saturated rings. The molecular formula is C13H14ClN5O2S. The number of rotatable bonds is 3. The molecule has 2 aromatic rings. The monoisotopic (exact) mass is 339 g/mol. The zero-order chi connectivity index (χ0) is 15.7. The van der Waals surface area contributed by atoms with Crippen molar-refractivity contribution >= 4 is 46.3 Å². The summed E-state index contributed by atoms with van der Waals surface area (Å²) in [6, 6.07) is 0.731. The summed E-state index contributed by atoms with van der Waals surface area (Å²) < 4.78 is 2.14. The number of carbonyl (C=O) groups excluding carboxylic acids is 2. The number of anilines is 2. The number of thiophene rings is 1. The molecule has 1 aliphatic rings. The standard InChI is InChI=1S/C13H14ClN5O2S/c1-18-7-8(6-15-18)19-4-2-10(12(19)20)17-13(21)16-9-3-5-22-11(9)14/h3,5-7,10H,2,4H2,1H3,(H2,16,17,21). The van der Waals surface area contributed by atoms with Gasteiger partial charge in [0.25, 0.3) is 0 Å². The van der Waals surface area contributed by atoms with Crippen molar-refractivity contribution in [3.8, 4) is 0 Å². The number of hydrogen-bond acceptors (Lipinski definition) is 4. The fraction of sp³-hybridized carbons (Fsp3) is 0.308. The van der Waals surface area contributed by atoms with Crippen LogP contribution in [-0.2, 0) is 11.8 Å². The summed E-state index contributed by atoms with van der Waals surface area (Å²) in [5.41, 5.74) is 1.27. The molecule has 0 aliphatic carbocycles. The predicted molar refractivity (Wildman–Crippen MR) is 85.4 cm³/mol. The number of hydrogen-bond donors (Lipinski definition) is 2. The van der Waals surface area contributed by atoms with E-state index in [4.69, 9.17) is 11.6 Å². The van der Waals surface area contributed by atoms with Gasteiger partial charge in [-0.2, -0.15) is 5.10 Å². The molecule has 3 heterocycles. The van der Waals surface area contributed by atoms with Crippen molar-refractivity contribution in [3.63, 3.8) is 0 Å². The van der Waals surface area contributed by atoms with Gasteiger partial charge in [-0.3, -0.25) is 9.48 Å². The van der Waals surface area contributed by atoms with Crippen LogP contribution in [0.3, 0.4) is 0 Å². The van der Waals surface area contributed by atoms with Crippen LogP contribution < -0.4 is 15.5 Å². The molecule has 0 bridgehead atoms. The maximum absolute atomic E-state index is 12.3. The highest BCUT2D eigenvalue weighted by Gasteiger charge is 2.34. The normalized spacial score (nSPS) is 17.8. The molecule has 7 nitrogen and oxygen atoms in total. The van der Waals surface area contributed by atoms with Crippen molar-refractivity contribution in [1.82, 2.24) is 15.1 Å². The third-order valence-electron chi connectivity index (χ3n) is 3.38. The first kappa shape index (κ1) is 14.9. The number of nitrogens with one attached hydrogen (secondary N) is 2. The summed E-state index contributed by atoms with van der Waals surface area (Å²) in [5.74, 6) is -0.139. The van der Waals surface area contributed by atoms with Gasteiger partial charge < -0.3 is 15.5 Å². The maximum Gasteiger partial charge on any atom is 0.319 e. The van der Waals surface area contributed by atoms with Crippen LogP contribution in [0, 0.1) is 0 Å². The zero-order valence-corrected chi connectivity index (χ0v) is 13.3. The Bertz CT molecular complexity index is 713. The molecule has 22 heavy (non-hydrogen) atoms.